The van der Waals surface area contributed by atoms with Gasteiger partial charge in [0.1, 0.15) is 18.0 Å². The molecule has 0 atom stereocenters. The van der Waals surface area contributed by atoms with Crippen LogP contribution in [0.25, 0.3) is 0 Å². The first-order valence-electron chi connectivity index (χ1n) is 11.9. The van der Waals surface area contributed by atoms with E-state index < -0.39 is 12.1 Å². The van der Waals surface area contributed by atoms with Gasteiger partial charge >= 0.3 is 12.1 Å². The largest absolute Gasteiger partial charge is 0.496 e. The van der Waals surface area contributed by atoms with E-state index in [9.17, 15) is 14.4 Å². The second-order valence-corrected chi connectivity index (χ2v) is 9.30. The molecule has 39 heavy (non-hydrogen) atoms. The van der Waals surface area contributed by atoms with Gasteiger partial charge in [0.2, 0.25) is 0 Å². The van der Waals surface area contributed by atoms with Crippen molar-refractivity contribution in [3.63, 3.8) is 0 Å². The second kappa shape index (κ2) is 14.1. The maximum absolute atomic E-state index is 13.1. The summed E-state index contributed by atoms with van der Waals surface area (Å²) < 4.78 is 21.3. The van der Waals surface area contributed by atoms with Gasteiger partial charge in [-0.25, -0.2) is 4.79 Å². The molecule has 3 aromatic rings. The lowest BCUT2D eigenvalue weighted by Gasteiger charge is -2.21. The van der Waals surface area contributed by atoms with Crippen LogP contribution < -0.4 is 9.47 Å². The van der Waals surface area contributed by atoms with Crippen molar-refractivity contribution in [2.24, 2.45) is 0 Å². The van der Waals surface area contributed by atoms with Crippen LogP contribution in [-0.4, -0.2) is 49.6 Å². The first kappa shape index (κ1) is 30.1. The molecule has 0 radical (unpaired) electrons. The molecule has 0 aliphatic rings. The van der Waals surface area contributed by atoms with E-state index in [4.69, 9.17) is 53.8 Å². The third-order valence-electron chi connectivity index (χ3n) is 5.32. The molecule has 3 rings (SSSR count). The van der Waals surface area contributed by atoms with E-state index in [-0.39, 0.29) is 53.4 Å². The van der Waals surface area contributed by atoms with Gasteiger partial charge in [0.25, 0.3) is 0 Å². The summed E-state index contributed by atoms with van der Waals surface area (Å²) in [6.45, 7) is 3.32. The van der Waals surface area contributed by atoms with Crippen molar-refractivity contribution in [2.75, 3.05) is 26.9 Å². The van der Waals surface area contributed by atoms with Crippen LogP contribution in [0.2, 0.25) is 15.1 Å². The zero-order valence-corrected chi connectivity index (χ0v) is 23.7. The number of hydrogen-bond donors (Lipinski definition) is 0. The molecule has 0 N–H and O–H groups in total. The van der Waals surface area contributed by atoms with Crippen LogP contribution in [0.3, 0.4) is 0 Å². The quantitative estimate of drug-likeness (QED) is 0.171. The van der Waals surface area contributed by atoms with E-state index in [2.05, 4.69) is 0 Å². The number of methoxy groups -OCH3 is 1. The molecule has 3 aromatic carbocycles. The Bertz CT molecular complexity index is 1320. The molecule has 0 saturated heterocycles. The molecule has 1 amide bonds. The summed E-state index contributed by atoms with van der Waals surface area (Å²) in [4.78, 5) is 38.7. The third kappa shape index (κ3) is 8.02. The molecule has 0 aliphatic heterocycles. The number of esters is 1. The van der Waals surface area contributed by atoms with Gasteiger partial charge in [0, 0.05) is 17.1 Å². The zero-order chi connectivity index (χ0) is 28.5. The normalized spacial score (nSPS) is 10.5. The lowest BCUT2D eigenvalue weighted by molar-refractivity contribution is -0.144. The SMILES string of the molecule is CCOC(=O)CN(Cc1cc(Cl)c(Oc2ccc(OC)c(C(=O)c3ccc(Cl)cc3)c2)c(Cl)c1)C(=O)OCC. The van der Waals surface area contributed by atoms with E-state index in [1.165, 1.54) is 18.1 Å². The molecular weight excluding hydrogens is 569 g/mol. The highest BCUT2D eigenvalue weighted by atomic mass is 35.5. The molecule has 0 bridgehead atoms. The Morgan fingerprint density at radius 1 is 0.846 bits per heavy atom. The van der Waals surface area contributed by atoms with Gasteiger partial charge in [-0.3, -0.25) is 14.5 Å². The number of rotatable bonds is 11. The first-order valence-corrected chi connectivity index (χ1v) is 13.0. The third-order valence-corrected chi connectivity index (χ3v) is 6.14. The lowest BCUT2D eigenvalue weighted by Crippen LogP contribution is -2.36. The second-order valence-electron chi connectivity index (χ2n) is 8.05. The minimum atomic E-state index is -0.686. The van der Waals surface area contributed by atoms with E-state index in [0.29, 0.717) is 27.6 Å². The van der Waals surface area contributed by atoms with E-state index in [0.717, 1.165) is 0 Å². The predicted molar refractivity (Wildman–Crippen MR) is 148 cm³/mol. The van der Waals surface area contributed by atoms with Crippen LogP contribution in [0, 0.1) is 0 Å². The Hall–Kier alpha value is -3.46. The first-order chi connectivity index (χ1) is 18.7. The number of ether oxygens (including phenoxy) is 4. The number of hydrogen-bond acceptors (Lipinski definition) is 7. The van der Waals surface area contributed by atoms with Crippen molar-refractivity contribution in [3.8, 4) is 17.2 Å². The van der Waals surface area contributed by atoms with Crippen molar-refractivity contribution in [2.45, 2.75) is 20.4 Å². The molecule has 0 unspecified atom stereocenters. The highest BCUT2D eigenvalue weighted by molar-refractivity contribution is 6.37. The minimum absolute atomic E-state index is 0.0142. The molecule has 0 saturated carbocycles. The minimum Gasteiger partial charge on any atom is -0.496 e. The number of halogens is 3. The van der Waals surface area contributed by atoms with Crippen molar-refractivity contribution in [3.05, 3.63) is 86.4 Å². The highest BCUT2D eigenvalue weighted by Gasteiger charge is 2.22. The van der Waals surface area contributed by atoms with Crippen LogP contribution in [-0.2, 0) is 20.8 Å². The van der Waals surface area contributed by atoms with Crippen LogP contribution in [0.4, 0.5) is 4.79 Å². The van der Waals surface area contributed by atoms with E-state index in [1.54, 1.807) is 62.4 Å². The Morgan fingerprint density at radius 2 is 1.49 bits per heavy atom. The van der Waals surface area contributed by atoms with Crippen LogP contribution in [0.5, 0.6) is 17.2 Å². The average molecular weight is 595 g/mol. The number of carbonyl (C=O) groups is 3. The summed E-state index contributed by atoms with van der Waals surface area (Å²) in [6, 6.07) is 14.3. The Labute approximate surface area is 241 Å². The van der Waals surface area contributed by atoms with E-state index in [1.807, 2.05) is 0 Å². The van der Waals surface area contributed by atoms with Crippen molar-refractivity contribution in [1.29, 1.82) is 0 Å². The summed E-state index contributed by atoms with van der Waals surface area (Å²) in [6.07, 6.45) is -0.686. The lowest BCUT2D eigenvalue weighted by atomic mass is 10.0. The smallest absolute Gasteiger partial charge is 0.410 e. The average Bonchev–Trinajstić information content (AvgIpc) is 2.90. The van der Waals surface area contributed by atoms with E-state index >= 15 is 0 Å². The molecule has 0 fully saturated rings. The van der Waals surface area contributed by atoms with Gasteiger partial charge in [0.15, 0.2) is 11.5 Å². The van der Waals surface area contributed by atoms with Gasteiger partial charge in [-0.1, -0.05) is 34.8 Å². The number of carbonyl (C=O) groups excluding carboxylic acids is 3. The van der Waals surface area contributed by atoms with Crippen LogP contribution in [0.1, 0.15) is 35.3 Å². The van der Waals surface area contributed by atoms with Gasteiger partial charge < -0.3 is 18.9 Å². The van der Waals surface area contributed by atoms with Crippen molar-refractivity contribution in [1.82, 2.24) is 4.90 Å². The molecule has 11 heteroatoms. The summed E-state index contributed by atoms with van der Waals surface area (Å²) in [5.74, 6) is -0.0748. The molecular formula is C28H26Cl3NO7. The summed E-state index contributed by atoms with van der Waals surface area (Å²) in [5.41, 5.74) is 1.22. The van der Waals surface area contributed by atoms with Crippen molar-refractivity contribution >= 4 is 52.6 Å². The zero-order valence-electron chi connectivity index (χ0n) is 21.5. The van der Waals surface area contributed by atoms with Gasteiger partial charge in [-0.2, -0.15) is 0 Å². The fraction of sp³-hybridized carbons (Fsp3) is 0.250. The van der Waals surface area contributed by atoms with Crippen LogP contribution >= 0.6 is 34.8 Å². The predicted octanol–water partition coefficient (Wildman–Crippen LogP) is 7.20. The van der Waals surface area contributed by atoms with Crippen LogP contribution in [0.15, 0.2) is 54.6 Å². The summed E-state index contributed by atoms with van der Waals surface area (Å²) >= 11 is 18.9. The molecule has 0 spiro atoms. The molecule has 0 aliphatic carbocycles. The fourth-order valence-corrected chi connectivity index (χ4v) is 4.32. The Balaban J connectivity index is 1.86. The highest BCUT2D eigenvalue weighted by Crippen LogP contribution is 2.39. The number of amides is 1. The number of benzene rings is 3. The standard InChI is InChI=1S/C28H26Cl3NO7/c1-4-37-25(33)16-32(28(35)38-5-2)15-17-12-22(30)27(23(31)13-17)39-20-10-11-24(36-3)21(14-20)26(34)18-6-8-19(29)9-7-18/h6-14H,4-5,15-16H2,1-3H3. The van der Waals surface area contributed by atoms with Gasteiger partial charge in [0.05, 0.1) is 35.9 Å². The number of nitrogens with zero attached hydrogens (tertiary/aromatic N) is 1. The molecule has 206 valence electrons. The van der Waals surface area contributed by atoms with Gasteiger partial charge in [-0.05, 0) is 74.0 Å². The fourth-order valence-electron chi connectivity index (χ4n) is 3.59. The summed E-state index contributed by atoms with van der Waals surface area (Å²) in [7, 11) is 1.46. The summed E-state index contributed by atoms with van der Waals surface area (Å²) in [5, 5.41) is 0.812. The van der Waals surface area contributed by atoms with Crippen molar-refractivity contribution < 1.29 is 33.3 Å². The van der Waals surface area contributed by atoms with Gasteiger partial charge in [-0.15, -0.1) is 0 Å². The monoisotopic (exact) mass is 593 g/mol. The number of ketones is 1. The molecule has 8 nitrogen and oxygen atoms in total. The molecule has 0 heterocycles. The maximum atomic E-state index is 13.1. The molecule has 0 aromatic heterocycles. The Morgan fingerprint density at radius 3 is 2.08 bits per heavy atom. The topological polar surface area (TPSA) is 91.4 Å². The maximum Gasteiger partial charge on any atom is 0.410 e. The Kier molecular flexibility index (Phi) is 10.9.